The van der Waals surface area contributed by atoms with Crippen LogP contribution in [0.25, 0.3) is 11.2 Å². The smallest absolute Gasteiger partial charge is 0.204 e. The summed E-state index contributed by atoms with van der Waals surface area (Å²) in [6.45, 7) is 0.772. The molecular formula is C15H17FN6S. The Hall–Kier alpha value is -2.19. The highest BCUT2D eigenvalue weighted by Crippen LogP contribution is 2.30. The number of pyridine rings is 1. The van der Waals surface area contributed by atoms with E-state index in [1.807, 2.05) is 31.1 Å². The van der Waals surface area contributed by atoms with Crippen LogP contribution in [0.1, 0.15) is 11.1 Å². The highest BCUT2D eigenvalue weighted by Gasteiger charge is 2.11. The molecule has 0 aliphatic carbocycles. The molecule has 0 unspecified atom stereocenters. The van der Waals surface area contributed by atoms with Crippen LogP contribution in [0.5, 0.6) is 0 Å². The molecule has 2 aromatic heterocycles. The van der Waals surface area contributed by atoms with Crippen LogP contribution in [0.15, 0.2) is 29.2 Å². The maximum absolute atomic E-state index is 14.0. The average molecular weight is 332 g/mol. The molecule has 0 aliphatic heterocycles. The Kier molecular flexibility index (Phi) is 4.44. The molecule has 3 aromatic rings. The Morgan fingerprint density at radius 3 is 2.87 bits per heavy atom. The van der Waals surface area contributed by atoms with E-state index in [-0.39, 0.29) is 5.82 Å². The maximum atomic E-state index is 14.0. The zero-order valence-electron chi connectivity index (χ0n) is 12.9. The van der Waals surface area contributed by atoms with Crippen molar-refractivity contribution in [1.82, 2.24) is 25.3 Å². The lowest BCUT2D eigenvalue weighted by Crippen LogP contribution is -2.11. The summed E-state index contributed by atoms with van der Waals surface area (Å²) in [5.74, 6) is 0.646. The van der Waals surface area contributed by atoms with Crippen LogP contribution in [-0.2, 0) is 12.3 Å². The Bertz CT molecular complexity index is 832. The number of benzene rings is 1. The van der Waals surface area contributed by atoms with Crippen LogP contribution in [-0.4, -0.2) is 39.4 Å². The number of aromatic nitrogens is 4. The Morgan fingerprint density at radius 1 is 1.26 bits per heavy atom. The minimum atomic E-state index is -0.210. The van der Waals surface area contributed by atoms with Crippen molar-refractivity contribution < 1.29 is 4.39 Å². The largest absolute Gasteiger partial charge is 0.384 e. The molecule has 3 N–H and O–H groups in total. The number of H-pyrrole nitrogens is 1. The summed E-state index contributed by atoms with van der Waals surface area (Å²) in [5.41, 5.74) is 8.62. The Labute approximate surface area is 137 Å². The number of fused-ring (bicyclic) bond motifs is 1. The van der Waals surface area contributed by atoms with Gasteiger partial charge in [0.1, 0.15) is 17.2 Å². The second-order valence-electron chi connectivity index (χ2n) is 5.49. The van der Waals surface area contributed by atoms with Crippen molar-refractivity contribution in [2.45, 2.75) is 17.2 Å². The number of halogens is 1. The van der Waals surface area contributed by atoms with Gasteiger partial charge in [0.25, 0.3) is 0 Å². The first-order valence-electron chi connectivity index (χ1n) is 7.05. The van der Waals surface area contributed by atoms with Gasteiger partial charge in [0.2, 0.25) is 5.65 Å². The van der Waals surface area contributed by atoms with E-state index in [1.54, 1.807) is 6.07 Å². The lowest BCUT2D eigenvalue weighted by Gasteiger charge is -2.11. The van der Waals surface area contributed by atoms with Crippen molar-refractivity contribution in [3.8, 4) is 0 Å². The van der Waals surface area contributed by atoms with Crippen molar-refractivity contribution >= 4 is 28.7 Å². The summed E-state index contributed by atoms with van der Waals surface area (Å²) in [6.07, 6.45) is 0. The van der Waals surface area contributed by atoms with Gasteiger partial charge in [0.05, 0.1) is 0 Å². The lowest BCUT2D eigenvalue weighted by atomic mass is 10.1. The summed E-state index contributed by atoms with van der Waals surface area (Å²) in [7, 11) is 3.97. The Morgan fingerprint density at radius 2 is 2.09 bits per heavy atom. The van der Waals surface area contributed by atoms with Gasteiger partial charge in [0, 0.05) is 17.2 Å². The molecule has 0 aliphatic rings. The van der Waals surface area contributed by atoms with Crippen LogP contribution < -0.4 is 5.73 Å². The number of nitrogens with zero attached hydrogens (tertiary/aromatic N) is 4. The normalized spacial score (nSPS) is 11.5. The molecule has 23 heavy (non-hydrogen) atoms. The molecule has 0 bridgehead atoms. The number of nitrogen functional groups attached to an aromatic ring is 1. The number of hydrogen-bond donors (Lipinski definition) is 2. The summed E-state index contributed by atoms with van der Waals surface area (Å²) >= 11 is 1.47. The highest BCUT2D eigenvalue weighted by atomic mass is 32.2. The van der Waals surface area contributed by atoms with E-state index in [0.29, 0.717) is 28.3 Å². The summed E-state index contributed by atoms with van der Waals surface area (Å²) < 4.78 is 14.0. The minimum absolute atomic E-state index is 0.210. The van der Waals surface area contributed by atoms with Gasteiger partial charge in [-0.2, -0.15) is 10.3 Å². The van der Waals surface area contributed by atoms with Crippen LogP contribution in [0, 0.1) is 5.82 Å². The molecule has 0 amide bonds. The van der Waals surface area contributed by atoms with E-state index < -0.39 is 0 Å². The van der Waals surface area contributed by atoms with Crippen molar-refractivity contribution in [3.05, 3.63) is 41.2 Å². The number of nitrogens with two attached hydrogens (primary N) is 1. The molecule has 0 saturated heterocycles. The molecule has 8 heteroatoms. The summed E-state index contributed by atoms with van der Waals surface area (Å²) in [6, 6.07) is 6.95. The number of anilines is 1. The first-order valence-corrected chi connectivity index (χ1v) is 8.03. The van der Waals surface area contributed by atoms with Crippen molar-refractivity contribution in [1.29, 1.82) is 0 Å². The molecule has 120 valence electrons. The third-order valence-electron chi connectivity index (χ3n) is 3.27. The van der Waals surface area contributed by atoms with Crippen molar-refractivity contribution in [2.75, 3.05) is 19.8 Å². The summed E-state index contributed by atoms with van der Waals surface area (Å²) in [4.78, 5) is 6.98. The SMILES string of the molecule is CN(C)Cc1ccc(F)c(CSc2cc(N)nc3n[nH]nc23)c1. The predicted octanol–water partition coefficient (Wildman–Crippen LogP) is 2.43. The maximum Gasteiger partial charge on any atom is 0.204 e. The molecule has 6 nitrogen and oxygen atoms in total. The molecule has 1 aromatic carbocycles. The molecular weight excluding hydrogens is 315 g/mol. The third-order valence-corrected chi connectivity index (χ3v) is 4.35. The third kappa shape index (κ3) is 3.59. The van der Waals surface area contributed by atoms with Gasteiger partial charge >= 0.3 is 0 Å². The van der Waals surface area contributed by atoms with E-state index in [2.05, 4.69) is 20.4 Å². The fourth-order valence-corrected chi connectivity index (χ4v) is 3.30. The fraction of sp³-hybridized carbons (Fsp3) is 0.267. The van der Waals surface area contributed by atoms with Crippen molar-refractivity contribution in [3.63, 3.8) is 0 Å². The van der Waals surface area contributed by atoms with Crippen LogP contribution in [0.3, 0.4) is 0 Å². The van der Waals surface area contributed by atoms with E-state index in [9.17, 15) is 4.39 Å². The second-order valence-corrected chi connectivity index (χ2v) is 6.51. The topological polar surface area (TPSA) is 83.7 Å². The van der Waals surface area contributed by atoms with Gasteiger partial charge in [-0.1, -0.05) is 12.1 Å². The number of hydrogen-bond acceptors (Lipinski definition) is 6. The highest BCUT2D eigenvalue weighted by molar-refractivity contribution is 7.98. The van der Waals surface area contributed by atoms with E-state index >= 15 is 0 Å². The fourth-order valence-electron chi connectivity index (χ4n) is 2.29. The first-order chi connectivity index (χ1) is 11.0. The van der Waals surface area contributed by atoms with E-state index in [4.69, 9.17) is 5.73 Å². The first kappa shape index (κ1) is 15.7. The zero-order chi connectivity index (χ0) is 16.4. The van der Waals surface area contributed by atoms with Gasteiger partial charge in [-0.05, 0) is 37.4 Å². The minimum Gasteiger partial charge on any atom is -0.384 e. The molecule has 0 atom stereocenters. The van der Waals surface area contributed by atoms with Crippen molar-refractivity contribution in [2.24, 2.45) is 0 Å². The molecule has 0 radical (unpaired) electrons. The number of aromatic amines is 1. The molecule has 0 saturated carbocycles. The van der Waals surface area contributed by atoms with Crippen LogP contribution in [0.4, 0.5) is 10.2 Å². The Balaban J connectivity index is 1.83. The van der Waals surface area contributed by atoms with Gasteiger partial charge < -0.3 is 10.6 Å². The van der Waals surface area contributed by atoms with Gasteiger partial charge in [0.15, 0.2) is 0 Å². The average Bonchev–Trinajstić information content (AvgIpc) is 2.95. The van der Waals surface area contributed by atoms with Crippen LogP contribution in [0.2, 0.25) is 0 Å². The molecule has 2 heterocycles. The standard InChI is InChI=1S/C15H17FN6S/c1-22(2)7-9-3-4-11(16)10(5-9)8-23-12-6-13(17)18-15-14(12)19-21-20-15/h3-6H,7-8H2,1-2H3,(H3,17,18,19,20,21). The van der Waals surface area contributed by atoms with E-state index in [0.717, 1.165) is 17.0 Å². The number of nitrogens with one attached hydrogen (secondary N) is 1. The van der Waals surface area contributed by atoms with Gasteiger partial charge in [-0.3, -0.25) is 0 Å². The number of thioether (sulfide) groups is 1. The monoisotopic (exact) mass is 332 g/mol. The predicted molar refractivity (Wildman–Crippen MR) is 89.4 cm³/mol. The van der Waals surface area contributed by atoms with Gasteiger partial charge in [-0.15, -0.1) is 16.9 Å². The lowest BCUT2D eigenvalue weighted by molar-refractivity contribution is 0.402. The van der Waals surface area contributed by atoms with E-state index in [1.165, 1.54) is 17.8 Å². The molecule has 3 rings (SSSR count). The molecule has 0 spiro atoms. The number of rotatable bonds is 5. The summed E-state index contributed by atoms with van der Waals surface area (Å²) in [5, 5.41) is 10.5. The zero-order valence-corrected chi connectivity index (χ0v) is 13.7. The second kappa shape index (κ2) is 6.51. The van der Waals surface area contributed by atoms with Crippen LogP contribution >= 0.6 is 11.8 Å². The quantitative estimate of drug-likeness (QED) is 0.698. The molecule has 0 fully saturated rings. The van der Waals surface area contributed by atoms with Gasteiger partial charge in [-0.25, -0.2) is 9.37 Å².